The molecule has 0 aliphatic carbocycles. The number of alkyl halides is 1. The van der Waals surface area contributed by atoms with Crippen LogP contribution in [0.25, 0.3) is 0 Å². The highest BCUT2D eigenvalue weighted by molar-refractivity contribution is 5.69. The molecule has 2 rings (SSSR count). The standard InChI is InChI=1S/C16H23FN2O2/c1-16(2,3)21-15(20)19-8-7-12(10-17)14(19)11-5-4-6-13(18)9-11/h4-6,9,12,14H,7-8,10,18H2,1-3H3. The van der Waals surface area contributed by atoms with Gasteiger partial charge in [0, 0.05) is 18.2 Å². The molecule has 0 spiro atoms. The number of hydrogen-bond donors (Lipinski definition) is 1. The van der Waals surface area contributed by atoms with Crippen molar-refractivity contribution >= 4 is 11.8 Å². The fourth-order valence-corrected chi connectivity index (χ4v) is 2.74. The third kappa shape index (κ3) is 3.65. The summed E-state index contributed by atoms with van der Waals surface area (Å²) in [7, 11) is 0. The molecule has 1 aromatic carbocycles. The maximum atomic E-state index is 13.3. The molecule has 1 aromatic rings. The number of ether oxygens (including phenoxy) is 1. The minimum atomic E-state index is -0.564. The van der Waals surface area contributed by atoms with Crippen LogP contribution in [0.4, 0.5) is 14.9 Å². The van der Waals surface area contributed by atoms with Gasteiger partial charge in [-0.25, -0.2) is 4.79 Å². The van der Waals surface area contributed by atoms with Crippen molar-refractivity contribution in [1.29, 1.82) is 0 Å². The number of nitrogens with zero attached hydrogens (tertiary/aromatic N) is 1. The number of amides is 1. The number of halogens is 1. The summed E-state index contributed by atoms with van der Waals surface area (Å²) in [5.74, 6) is -0.209. The van der Waals surface area contributed by atoms with Crippen molar-refractivity contribution < 1.29 is 13.9 Å². The van der Waals surface area contributed by atoms with Gasteiger partial charge in [0.2, 0.25) is 0 Å². The molecule has 5 heteroatoms. The van der Waals surface area contributed by atoms with Crippen LogP contribution in [0.1, 0.15) is 38.8 Å². The molecular weight excluding hydrogens is 271 g/mol. The highest BCUT2D eigenvalue weighted by atomic mass is 19.1. The van der Waals surface area contributed by atoms with Crippen molar-refractivity contribution in [2.45, 2.75) is 38.8 Å². The largest absolute Gasteiger partial charge is 0.444 e. The van der Waals surface area contributed by atoms with E-state index in [4.69, 9.17) is 10.5 Å². The van der Waals surface area contributed by atoms with Crippen molar-refractivity contribution in [2.75, 3.05) is 19.0 Å². The first kappa shape index (κ1) is 15.6. The fourth-order valence-electron chi connectivity index (χ4n) is 2.74. The molecule has 1 amide bonds. The summed E-state index contributed by atoms with van der Waals surface area (Å²) < 4.78 is 18.7. The van der Waals surface area contributed by atoms with Crippen LogP contribution < -0.4 is 5.73 Å². The van der Waals surface area contributed by atoms with E-state index in [-0.39, 0.29) is 12.0 Å². The lowest BCUT2D eigenvalue weighted by molar-refractivity contribution is 0.0200. The highest BCUT2D eigenvalue weighted by Gasteiger charge is 2.40. The summed E-state index contributed by atoms with van der Waals surface area (Å²) >= 11 is 0. The molecule has 0 bridgehead atoms. The number of carbonyl (C=O) groups excluding carboxylic acids is 1. The van der Waals surface area contributed by atoms with E-state index < -0.39 is 18.4 Å². The maximum Gasteiger partial charge on any atom is 0.410 e. The van der Waals surface area contributed by atoms with E-state index in [1.807, 2.05) is 32.9 Å². The topological polar surface area (TPSA) is 55.6 Å². The molecule has 21 heavy (non-hydrogen) atoms. The Hall–Kier alpha value is -1.78. The van der Waals surface area contributed by atoms with Crippen LogP contribution in [0.3, 0.4) is 0 Å². The molecule has 1 fully saturated rings. The van der Waals surface area contributed by atoms with Crippen LogP contribution in [0.2, 0.25) is 0 Å². The minimum Gasteiger partial charge on any atom is -0.444 e. The Morgan fingerprint density at radius 3 is 2.76 bits per heavy atom. The molecule has 116 valence electrons. The average molecular weight is 294 g/mol. The fraction of sp³-hybridized carbons (Fsp3) is 0.562. The van der Waals surface area contributed by atoms with E-state index in [1.165, 1.54) is 0 Å². The zero-order valence-electron chi connectivity index (χ0n) is 12.8. The summed E-state index contributed by atoms with van der Waals surface area (Å²) in [5.41, 5.74) is 6.72. The van der Waals surface area contributed by atoms with Gasteiger partial charge in [-0.05, 0) is 44.9 Å². The average Bonchev–Trinajstić information content (AvgIpc) is 2.80. The van der Waals surface area contributed by atoms with Gasteiger partial charge < -0.3 is 15.4 Å². The van der Waals surface area contributed by atoms with Gasteiger partial charge in [-0.2, -0.15) is 0 Å². The Morgan fingerprint density at radius 1 is 1.48 bits per heavy atom. The Morgan fingerprint density at radius 2 is 2.19 bits per heavy atom. The second-order valence-electron chi connectivity index (χ2n) is 6.49. The summed E-state index contributed by atoms with van der Waals surface area (Å²) in [6.07, 6.45) is 0.237. The van der Waals surface area contributed by atoms with Gasteiger partial charge in [0.05, 0.1) is 12.7 Å². The minimum absolute atomic E-state index is 0.209. The molecule has 2 unspecified atom stereocenters. The van der Waals surface area contributed by atoms with Gasteiger partial charge in [-0.1, -0.05) is 12.1 Å². The highest BCUT2D eigenvalue weighted by Crippen LogP contribution is 2.38. The summed E-state index contributed by atoms with van der Waals surface area (Å²) in [5, 5.41) is 0. The molecule has 1 aliphatic heterocycles. The molecule has 0 saturated carbocycles. The Labute approximate surface area is 125 Å². The zero-order chi connectivity index (χ0) is 15.6. The van der Waals surface area contributed by atoms with Crippen LogP contribution in [0.5, 0.6) is 0 Å². The smallest absolute Gasteiger partial charge is 0.410 e. The molecule has 4 nitrogen and oxygen atoms in total. The van der Waals surface area contributed by atoms with E-state index in [0.29, 0.717) is 18.7 Å². The quantitative estimate of drug-likeness (QED) is 0.849. The van der Waals surface area contributed by atoms with Crippen LogP contribution in [-0.4, -0.2) is 29.8 Å². The molecule has 1 aliphatic rings. The summed E-state index contributed by atoms with van der Waals surface area (Å²) in [4.78, 5) is 14.0. The van der Waals surface area contributed by atoms with Crippen molar-refractivity contribution in [2.24, 2.45) is 5.92 Å². The van der Waals surface area contributed by atoms with Crippen molar-refractivity contribution in [1.82, 2.24) is 4.90 Å². The molecule has 1 saturated heterocycles. The summed E-state index contributed by atoms with van der Waals surface area (Å²) in [6.45, 7) is 5.51. The monoisotopic (exact) mass is 294 g/mol. The van der Waals surface area contributed by atoms with Gasteiger partial charge in [0.25, 0.3) is 0 Å². The van der Waals surface area contributed by atoms with E-state index in [2.05, 4.69) is 0 Å². The number of carbonyl (C=O) groups is 1. The second kappa shape index (κ2) is 5.92. The predicted molar refractivity (Wildman–Crippen MR) is 80.6 cm³/mol. The first-order valence-electron chi connectivity index (χ1n) is 7.23. The van der Waals surface area contributed by atoms with Crippen LogP contribution in [-0.2, 0) is 4.74 Å². The van der Waals surface area contributed by atoms with Crippen LogP contribution >= 0.6 is 0 Å². The Kier molecular flexibility index (Phi) is 4.40. The predicted octanol–water partition coefficient (Wildman–Crippen LogP) is 3.54. The van der Waals surface area contributed by atoms with Crippen molar-refractivity contribution in [3.05, 3.63) is 29.8 Å². The van der Waals surface area contributed by atoms with E-state index in [9.17, 15) is 9.18 Å². The third-order valence-electron chi connectivity index (χ3n) is 3.60. The molecule has 0 radical (unpaired) electrons. The normalized spacial score (nSPS) is 22.4. The molecule has 2 N–H and O–H groups in total. The van der Waals surface area contributed by atoms with Crippen LogP contribution in [0, 0.1) is 5.92 Å². The number of likely N-dealkylation sites (tertiary alicyclic amines) is 1. The number of anilines is 1. The first-order valence-corrected chi connectivity index (χ1v) is 7.23. The first-order chi connectivity index (χ1) is 9.81. The lowest BCUT2D eigenvalue weighted by Crippen LogP contribution is -2.37. The van der Waals surface area contributed by atoms with Gasteiger partial charge in [-0.3, -0.25) is 4.39 Å². The van der Waals surface area contributed by atoms with Crippen molar-refractivity contribution in [3.8, 4) is 0 Å². The Bertz CT molecular complexity index is 513. The number of nitrogens with two attached hydrogens (primary N) is 1. The molecule has 2 atom stereocenters. The zero-order valence-corrected chi connectivity index (χ0v) is 12.8. The summed E-state index contributed by atoms with van der Waals surface area (Å²) in [6, 6.07) is 6.97. The number of benzene rings is 1. The van der Waals surface area contributed by atoms with Gasteiger partial charge in [0.1, 0.15) is 5.60 Å². The Balaban J connectivity index is 2.26. The third-order valence-corrected chi connectivity index (χ3v) is 3.60. The molecule has 0 aromatic heterocycles. The molecule has 1 heterocycles. The van der Waals surface area contributed by atoms with Gasteiger partial charge in [-0.15, -0.1) is 0 Å². The number of nitrogen functional groups attached to an aromatic ring is 1. The second-order valence-corrected chi connectivity index (χ2v) is 6.49. The van der Waals surface area contributed by atoms with Crippen LogP contribution in [0.15, 0.2) is 24.3 Å². The van der Waals surface area contributed by atoms with E-state index >= 15 is 0 Å². The van der Waals surface area contributed by atoms with E-state index in [0.717, 1.165) is 5.56 Å². The van der Waals surface area contributed by atoms with Gasteiger partial charge in [0.15, 0.2) is 0 Å². The molecular formula is C16H23FN2O2. The maximum absolute atomic E-state index is 13.3. The lowest BCUT2D eigenvalue weighted by atomic mass is 9.94. The number of rotatable bonds is 2. The van der Waals surface area contributed by atoms with Crippen molar-refractivity contribution in [3.63, 3.8) is 0 Å². The SMILES string of the molecule is CC(C)(C)OC(=O)N1CCC(CF)C1c1cccc(N)c1. The number of hydrogen-bond acceptors (Lipinski definition) is 3. The van der Waals surface area contributed by atoms with E-state index in [1.54, 1.807) is 17.0 Å². The van der Waals surface area contributed by atoms with Gasteiger partial charge >= 0.3 is 6.09 Å². The lowest BCUT2D eigenvalue weighted by Gasteiger charge is -2.30.